The average molecular weight is 213 g/mol. The van der Waals surface area contributed by atoms with E-state index in [1.807, 2.05) is 0 Å². The Kier molecular flexibility index (Phi) is 3.39. The van der Waals surface area contributed by atoms with E-state index in [1.165, 1.54) is 0 Å². The molecule has 2 rings (SSSR count). The Balaban J connectivity index is 1.97. The molecular formula is C12H20FNO. The normalized spacial score (nSPS) is 39.3. The summed E-state index contributed by atoms with van der Waals surface area (Å²) >= 11 is 0. The number of ketones is 1. The van der Waals surface area contributed by atoms with Crippen LogP contribution in [0, 0.1) is 5.92 Å². The van der Waals surface area contributed by atoms with E-state index in [-0.39, 0.29) is 0 Å². The largest absolute Gasteiger partial charge is 0.300 e. The first kappa shape index (κ1) is 11.1. The minimum absolute atomic E-state index is 0.310. The van der Waals surface area contributed by atoms with Crippen molar-refractivity contribution in [3.63, 3.8) is 0 Å². The first-order valence-corrected chi connectivity index (χ1v) is 6.06. The number of hydrogen-bond acceptors (Lipinski definition) is 2. The van der Waals surface area contributed by atoms with Crippen LogP contribution in [0.4, 0.5) is 4.39 Å². The van der Waals surface area contributed by atoms with Gasteiger partial charge >= 0.3 is 0 Å². The van der Waals surface area contributed by atoms with E-state index in [9.17, 15) is 9.18 Å². The Morgan fingerprint density at radius 3 is 2.93 bits per heavy atom. The molecule has 1 saturated carbocycles. The lowest BCUT2D eigenvalue weighted by atomic mass is 9.83. The van der Waals surface area contributed by atoms with Crippen molar-refractivity contribution in [1.82, 2.24) is 4.90 Å². The summed E-state index contributed by atoms with van der Waals surface area (Å²) in [5.74, 6) is 0.909. The molecule has 0 aromatic heterocycles. The van der Waals surface area contributed by atoms with Crippen LogP contribution >= 0.6 is 0 Å². The highest BCUT2D eigenvalue weighted by Crippen LogP contribution is 2.28. The quantitative estimate of drug-likeness (QED) is 0.665. The average Bonchev–Trinajstić information content (AvgIpc) is 2.22. The Morgan fingerprint density at radius 1 is 1.40 bits per heavy atom. The first-order chi connectivity index (χ1) is 7.16. The van der Waals surface area contributed by atoms with E-state index in [2.05, 4.69) is 11.8 Å². The number of alkyl halides is 1. The summed E-state index contributed by atoms with van der Waals surface area (Å²) in [7, 11) is 0. The molecule has 15 heavy (non-hydrogen) atoms. The maximum atomic E-state index is 13.3. The molecule has 3 heteroatoms. The van der Waals surface area contributed by atoms with E-state index >= 15 is 0 Å². The minimum atomic E-state index is -0.678. The molecule has 1 saturated heterocycles. The summed E-state index contributed by atoms with van der Waals surface area (Å²) in [6, 6.07) is 0.310. The summed E-state index contributed by atoms with van der Waals surface area (Å²) in [5.41, 5.74) is 0. The van der Waals surface area contributed by atoms with Gasteiger partial charge in [0.1, 0.15) is 12.0 Å². The van der Waals surface area contributed by atoms with Crippen molar-refractivity contribution in [2.24, 2.45) is 5.92 Å². The van der Waals surface area contributed by atoms with E-state index in [1.54, 1.807) is 0 Å². The molecule has 0 radical (unpaired) electrons. The zero-order chi connectivity index (χ0) is 10.8. The smallest absolute Gasteiger partial charge is 0.134 e. The molecule has 1 aliphatic carbocycles. The van der Waals surface area contributed by atoms with Crippen LogP contribution in [0.3, 0.4) is 0 Å². The number of likely N-dealkylation sites (tertiary alicyclic amines) is 1. The van der Waals surface area contributed by atoms with Gasteiger partial charge in [-0.05, 0) is 31.7 Å². The van der Waals surface area contributed by atoms with E-state index in [0.717, 1.165) is 25.8 Å². The van der Waals surface area contributed by atoms with Crippen LogP contribution < -0.4 is 0 Å². The fourth-order valence-corrected chi connectivity index (χ4v) is 2.86. The highest BCUT2D eigenvalue weighted by Gasteiger charge is 2.33. The Morgan fingerprint density at radius 2 is 2.20 bits per heavy atom. The molecule has 2 nitrogen and oxygen atoms in total. The number of hydrogen-bond donors (Lipinski definition) is 0. The van der Waals surface area contributed by atoms with Crippen molar-refractivity contribution in [3.8, 4) is 0 Å². The van der Waals surface area contributed by atoms with Gasteiger partial charge in [-0.3, -0.25) is 9.69 Å². The van der Waals surface area contributed by atoms with Crippen LogP contribution in [-0.4, -0.2) is 36.0 Å². The molecular weight excluding hydrogens is 193 g/mol. The molecule has 2 aliphatic rings. The molecule has 2 fully saturated rings. The summed E-state index contributed by atoms with van der Waals surface area (Å²) in [6.45, 7) is 3.71. The fourth-order valence-electron chi connectivity index (χ4n) is 2.86. The molecule has 0 spiro atoms. The van der Waals surface area contributed by atoms with E-state index in [0.29, 0.717) is 37.1 Å². The molecule has 0 aromatic carbocycles. The van der Waals surface area contributed by atoms with Crippen LogP contribution in [0.2, 0.25) is 0 Å². The fraction of sp³-hybridized carbons (Fsp3) is 0.917. The predicted octanol–water partition coefficient (Wildman–Crippen LogP) is 2.18. The third-order valence-electron chi connectivity index (χ3n) is 3.84. The topological polar surface area (TPSA) is 20.3 Å². The van der Waals surface area contributed by atoms with Gasteiger partial charge in [-0.25, -0.2) is 4.39 Å². The summed E-state index contributed by atoms with van der Waals surface area (Å²) in [6.07, 6.45) is 3.32. The molecule has 86 valence electrons. The number of carbonyl (C=O) groups excluding carboxylic acids is 1. The number of rotatable bonds is 1. The molecule has 0 aromatic rings. The predicted molar refractivity (Wildman–Crippen MR) is 57.5 cm³/mol. The van der Waals surface area contributed by atoms with Crippen molar-refractivity contribution >= 4 is 5.78 Å². The van der Waals surface area contributed by atoms with Gasteiger partial charge in [0.15, 0.2) is 0 Å². The van der Waals surface area contributed by atoms with Gasteiger partial charge in [0.05, 0.1) is 0 Å². The molecule has 1 heterocycles. The summed E-state index contributed by atoms with van der Waals surface area (Å²) in [5, 5.41) is 0. The highest BCUT2D eigenvalue weighted by molar-refractivity contribution is 5.79. The van der Waals surface area contributed by atoms with Gasteiger partial charge in [-0.15, -0.1) is 0 Å². The minimum Gasteiger partial charge on any atom is -0.300 e. The molecule has 0 N–H and O–H groups in total. The van der Waals surface area contributed by atoms with Crippen LogP contribution in [0.5, 0.6) is 0 Å². The van der Waals surface area contributed by atoms with Crippen molar-refractivity contribution in [2.45, 2.75) is 51.2 Å². The zero-order valence-electron chi connectivity index (χ0n) is 9.42. The molecule has 0 bridgehead atoms. The Hall–Kier alpha value is -0.440. The number of nitrogens with zero attached hydrogens (tertiary/aromatic N) is 1. The zero-order valence-corrected chi connectivity index (χ0v) is 9.42. The van der Waals surface area contributed by atoms with Crippen molar-refractivity contribution in [2.75, 3.05) is 13.1 Å². The second-order valence-electron chi connectivity index (χ2n) is 5.06. The maximum absolute atomic E-state index is 13.3. The Bertz CT molecular complexity index is 244. The van der Waals surface area contributed by atoms with Gasteiger partial charge < -0.3 is 0 Å². The van der Waals surface area contributed by atoms with Crippen LogP contribution in [0.1, 0.15) is 39.0 Å². The summed E-state index contributed by atoms with van der Waals surface area (Å²) in [4.78, 5) is 13.6. The number of carbonyl (C=O) groups is 1. The number of piperidine rings is 1. The van der Waals surface area contributed by atoms with Crippen LogP contribution in [0.25, 0.3) is 0 Å². The standard InChI is InChI=1S/C12H20FNO/c1-9-4-5-11(15)7-12(9)14-6-2-3-10(13)8-14/h9-10,12H,2-8H2,1H3. The van der Waals surface area contributed by atoms with Gasteiger partial charge in [-0.1, -0.05) is 6.92 Å². The second kappa shape index (κ2) is 4.60. The molecule has 3 unspecified atom stereocenters. The lowest BCUT2D eigenvalue weighted by molar-refractivity contribution is -0.123. The van der Waals surface area contributed by atoms with Gasteiger partial charge in [-0.2, -0.15) is 0 Å². The van der Waals surface area contributed by atoms with Crippen molar-refractivity contribution in [1.29, 1.82) is 0 Å². The SMILES string of the molecule is CC1CCC(=O)CC1N1CCCC(F)C1. The Labute approximate surface area is 90.8 Å². The number of Topliss-reactive ketones (excluding diaryl/α,β-unsaturated/α-hetero) is 1. The molecule has 1 aliphatic heterocycles. The van der Waals surface area contributed by atoms with Crippen molar-refractivity contribution < 1.29 is 9.18 Å². The maximum Gasteiger partial charge on any atom is 0.134 e. The van der Waals surface area contributed by atoms with Gasteiger partial charge in [0, 0.05) is 25.4 Å². The van der Waals surface area contributed by atoms with Crippen LogP contribution in [-0.2, 0) is 4.79 Å². The van der Waals surface area contributed by atoms with Crippen LogP contribution in [0.15, 0.2) is 0 Å². The number of halogens is 1. The third kappa shape index (κ3) is 2.57. The highest BCUT2D eigenvalue weighted by atomic mass is 19.1. The molecule has 3 atom stereocenters. The van der Waals surface area contributed by atoms with Gasteiger partial charge in [0.2, 0.25) is 0 Å². The lowest BCUT2D eigenvalue weighted by Gasteiger charge is -2.40. The van der Waals surface area contributed by atoms with Gasteiger partial charge in [0.25, 0.3) is 0 Å². The monoisotopic (exact) mass is 213 g/mol. The second-order valence-corrected chi connectivity index (χ2v) is 5.06. The summed E-state index contributed by atoms with van der Waals surface area (Å²) < 4.78 is 13.3. The first-order valence-electron chi connectivity index (χ1n) is 6.06. The van der Waals surface area contributed by atoms with E-state index in [4.69, 9.17) is 0 Å². The lowest BCUT2D eigenvalue weighted by Crippen LogP contribution is -2.48. The third-order valence-corrected chi connectivity index (χ3v) is 3.84. The van der Waals surface area contributed by atoms with E-state index < -0.39 is 6.17 Å². The molecule has 0 amide bonds. The van der Waals surface area contributed by atoms with Crippen molar-refractivity contribution in [3.05, 3.63) is 0 Å².